The summed E-state index contributed by atoms with van der Waals surface area (Å²) in [7, 11) is 0. The second-order valence-electron chi connectivity index (χ2n) is 2.95. The zero-order valence-electron chi connectivity index (χ0n) is 8.66. The average Bonchev–Trinajstić information content (AvgIpc) is 2.44. The molecule has 0 saturated carbocycles. The van der Waals surface area contributed by atoms with E-state index in [-0.39, 0.29) is 12.6 Å². The molecule has 0 atom stereocenters. The van der Waals surface area contributed by atoms with E-state index in [9.17, 15) is 9.59 Å². The molecule has 0 aromatic carbocycles. The van der Waals surface area contributed by atoms with Crippen LogP contribution in [0.25, 0.3) is 0 Å². The molecule has 1 rings (SSSR count). The van der Waals surface area contributed by atoms with Gasteiger partial charge in [-0.2, -0.15) is 0 Å². The van der Waals surface area contributed by atoms with Gasteiger partial charge in [0.25, 0.3) is 0 Å². The highest BCUT2D eigenvalue weighted by Crippen LogP contribution is 2.03. The van der Waals surface area contributed by atoms with E-state index in [0.717, 1.165) is 0 Å². The van der Waals surface area contributed by atoms with Crippen molar-refractivity contribution in [3.05, 3.63) is 22.1 Å². The van der Waals surface area contributed by atoms with Crippen molar-refractivity contribution in [1.29, 1.82) is 0 Å². The van der Waals surface area contributed by atoms with Gasteiger partial charge in [0, 0.05) is 13.5 Å². The van der Waals surface area contributed by atoms with Gasteiger partial charge in [-0.1, -0.05) is 0 Å². The summed E-state index contributed by atoms with van der Waals surface area (Å²) in [4.78, 5) is 21.1. The van der Waals surface area contributed by atoms with Gasteiger partial charge in [0.05, 0.1) is 6.54 Å². The molecule has 0 saturated heterocycles. The molecule has 6 heteroatoms. The van der Waals surface area contributed by atoms with Crippen LogP contribution in [0.2, 0.25) is 0 Å². The van der Waals surface area contributed by atoms with Gasteiger partial charge in [-0.25, -0.2) is 4.79 Å². The molecule has 1 aromatic heterocycles. The fourth-order valence-corrected chi connectivity index (χ4v) is 1.00. The van der Waals surface area contributed by atoms with E-state index in [1.165, 1.54) is 6.92 Å². The Hall–Kier alpha value is -1.56. The van der Waals surface area contributed by atoms with E-state index in [0.29, 0.717) is 24.6 Å². The summed E-state index contributed by atoms with van der Waals surface area (Å²) >= 11 is 0. The second-order valence-corrected chi connectivity index (χ2v) is 2.95. The van der Waals surface area contributed by atoms with Crippen molar-refractivity contribution >= 4 is 5.97 Å². The van der Waals surface area contributed by atoms with Crippen LogP contribution < -0.4 is 11.1 Å². The summed E-state index contributed by atoms with van der Waals surface area (Å²) in [5.74, 6) is -0.102. The first-order valence-corrected chi connectivity index (χ1v) is 4.53. The monoisotopic (exact) mass is 215 g/mol. The number of carbonyl (C=O) groups excluding carboxylic acids is 1. The van der Waals surface area contributed by atoms with Crippen LogP contribution in [-0.4, -0.2) is 19.1 Å². The van der Waals surface area contributed by atoms with E-state index in [4.69, 9.17) is 9.15 Å². The van der Waals surface area contributed by atoms with E-state index >= 15 is 0 Å². The van der Waals surface area contributed by atoms with Gasteiger partial charge in [-0.05, 0) is 6.92 Å². The number of aryl methyl sites for hydroxylation is 1. The van der Waals surface area contributed by atoms with Crippen LogP contribution in [0.15, 0.2) is 13.6 Å². The number of hydrogen-bond donors (Lipinski definition) is 1. The summed E-state index contributed by atoms with van der Waals surface area (Å²) in [5, 5.41) is 2.94. The largest absolute Gasteiger partial charge is 0.519 e. The first kappa shape index (κ1) is 11.5. The van der Waals surface area contributed by atoms with Crippen LogP contribution >= 0.6 is 0 Å². The van der Waals surface area contributed by atoms with Crippen molar-refractivity contribution in [2.75, 3.05) is 13.2 Å². The molecule has 0 bridgehead atoms. The van der Waals surface area contributed by atoms with E-state index in [2.05, 4.69) is 9.73 Å². The Morgan fingerprint density at radius 1 is 1.47 bits per heavy atom. The molecule has 0 unspecified atom stereocenters. The van der Waals surface area contributed by atoms with Crippen LogP contribution in [-0.2, 0) is 16.1 Å². The fraction of sp³-hybridized carbons (Fsp3) is 0.556. The quantitative estimate of drug-likeness (QED) is 0.558. The molecule has 1 aromatic rings. The Morgan fingerprint density at radius 2 is 2.20 bits per heavy atom. The molecule has 1 N–H and O–H groups in total. The standard InChI is InChI=1S/C9H13NO5/c1-6-8(15-9(12)14-6)5-10-3-4-13-7(2)11/h10H,3-5H2,1-2H3. The van der Waals surface area contributed by atoms with E-state index < -0.39 is 5.82 Å². The van der Waals surface area contributed by atoms with Crippen molar-refractivity contribution in [1.82, 2.24) is 5.32 Å². The molecular formula is C9H13NO5. The highest BCUT2D eigenvalue weighted by atomic mass is 16.6. The maximum Gasteiger partial charge on any atom is 0.519 e. The van der Waals surface area contributed by atoms with Crippen molar-refractivity contribution in [2.24, 2.45) is 0 Å². The molecule has 0 aliphatic heterocycles. The number of rotatable bonds is 5. The minimum atomic E-state index is -0.704. The third kappa shape index (κ3) is 3.99. The van der Waals surface area contributed by atoms with Crippen molar-refractivity contribution in [2.45, 2.75) is 20.4 Å². The summed E-state index contributed by atoms with van der Waals surface area (Å²) in [6, 6.07) is 0. The number of nitrogens with one attached hydrogen (secondary N) is 1. The van der Waals surface area contributed by atoms with Crippen LogP contribution in [0.1, 0.15) is 18.4 Å². The first-order valence-electron chi connectivity index (χ1n) is 4.53. The molecule has 0 amide bonds. The van der Waals surface area contributed by atoms with Crippen LogP contribution in [0.5, 0.6) is 0 Å². The van der Waals surface area contributed by atoms with Gasteiger partial charge in [0.1, 0.15) is 12.4 Å². The molecular weight excluding hydrogens is 202 g/mol. The summed E-state index contributed by atoms with van der Waals surface area (Å²) in [6.45, 7) is 4.15. The van der Waals surface area contributed by atoms with Gasteiger partial charge in [0.2, 0.25) is 0 Å². The van der Waals surface area contributed by atoms with E-state index in [1.54, 1.807) is 6.92 Å². The lowest BCUT2D eigenvalue weighted by Gasteiger charge is -2.02. The Kier molecular flexibility index (Phi) is 4.11. The Bertz CT molecular complexity index is 378. The van der Waals surface area contributed by atoms with Gasteiger partial charge in [-0.3, -0.25) is 4.79 Å². The molecule has 0 aliphatic rings. The Morgan fingerprint density at radius 3 is 2.73 bits per heavy atom. The minimum Gasteiger partial charge on any atom is -0.465 e. The van der Waals surface area contributed by atoms with Crippen LogP contribution in [0.3, 0.4) is 0 Å². The summed E-state index contributed by atoms with van der Waals surface area (Å²) in [6.07, 6.45) is 0. The molecule has 0 aliphatic carbocycles. The number of ether oxygens (including phenoxy) is 1. The number of carbonyl (C=O) groups is 1. The van der Waals surface area contributed by atoms with Gasteiger partial charge < -0.3 is 18.9 Å². The third-order valence-electron chi connectivity index (χ3n) is 1.71. The van der Waals surface area contributed by atoms with Gasteiger partial charge in [0.15, 0.2) is 5.76 Å². The topological polar surface area (TPSA) is 81.7 Å². The SMILES string of the molecule is CC(=O)OCCNCc1oc(=O)oc1C. The minimum absolute atomic E-state index is 0.288. The van der Waals surface area contributed by atoms with Crippen LogP contribution in [0, 0.1) is 6.92 Å². The Balaban J connectivity index is 2.23. The first-order chi connectivity index (χ1) is 7.09. The predicted molar refractivity (Wildman–Crippen MR) is 50.3 cm³/mol. The molecule has 6 nitrogen and oxygen atoms in total. The van der Waals surface area contributed by atoms with Crippen molar-refractivity contribution in [3.8, 4) is 0 Å². The molecule has 15 heavy (non-hydrogen) atoms. The van der Waals surface area contributed by atoms with Gasteiger partial charge >= 0.3 is 11.8 Å². The molecule has 84 valence electrons. The van der Waals surface area contributed by atoms with Crippen molar-refractivity contribution < 1.29 is 18.4 Å². The second kappa shape index (κ2) is 5.35. The third-order valence-corrected chi connectivity index (χ3v) is 1.71. The average molecular weight is 215 g/mol. The predicted octanol–water partition coefficient (Wildman–Crippen LogP) is 0.194. The number of esters is 1. The maximum absolute atomic E-state index is 10.7. The molecule has 0 fully saturated rings. The normalized spacial score (nSPS) is 10.3. The Labute approximate surface area is 86.2 Å². The zero-order chi connectivity index (χ0) is 11.3. The highest BCUT2D eigenvalue weighted by Gasteiger charge is 2.06. The number of hydrogen-bond acceptors (Lipinski definition) is 6. The lowest BCUT2D eigenvalue weighted by molar-refractivity contribution is -0.140. The lowest BCUT2D eigenvalue weighted by atomic mass is 10.4. The van der Waals surface area contributed by atoms with Crippen molar-refractivity contribution in [3.63, 3.8) is 0 Å². The summed E-state index contributed by atoms with van der Waals surface area (Å²) in [5.41, 5.74) is 0. The lowest BCUT2D eigenvalue weighted by Crippen LogP contribution is -2.20. The maximum atomic E-state index is 10.7. The molecule has 0 spiro atoms. The molecule has 0 radical (unpaired) electrons. The van der Waals surface area contributed by atoms with Gasteiger partial charge in [-0.15, -0.1) is 0 Å². The van der Waals surface area contributed by atoms with Crippen LogP contribution in [0.4, 0.5) is 0 Å². The highest BCUT2D eigenvalue weighted by molar-refractivity contribution is 5.65. The van der Waals surface area contributed by atoms with E-state index in [1.807, 2.05) is 0 Å². The summed E-state index contributed by atoms with van der Waals surface area (Å²) < 4.78 is 14.1. The fourth-order valence-electron chi connectivity index (χ4n) is 1.00. The zero-order valence-corrected chi connectivity index (χ0v) is 8.66. The molecule has 1 heterocycles. The smallest absolute Gasteiger partial charge is 0.465 e.